The van der Waals surface area contributed by atoms with Crippen LogP contribution in [0.4, 0.5) is 4.39 Å². The van der Waals surface area contributed by atoms with Gasteiger partial charge in [0.15, 0.2) is 5.76 Å². The summed E-state index contributed by atoms with van der Waals surface area (Å²) < 4.78 is 23.6. The molecular formula is C17H20FN3O3. The van der Waals surface area contributed by atoms with Crippen LogP contribution in [0.3, 0.4) is 0 Å². The monoisotopic (exact) mass is 333 g/mol. The maximum Gasteiger partial charge on any atom is 0.248 e. The van der Waals surface area contributed by atoms with Crippen molar-refractivity contribution in [1.29, 1.82) is 0 Å². The molecule has 0 unspecified atom stereocenters. The Morgan fingerprint density at radius 1 is 1.25 bits per heavy atom. The van der Waals surface area contributed by atoms with Gasteiger partial charge in [-0.3, -0.25) is 9.69 Å². The Balaban J connectivity index is 1.54. The van der Waals surface area contributed by atoms with E-state index in [1.165, 1.54) is 19.2 Å². The first kappa shape index (κ1) is 16.6. The molecule has 1 fully saturated rings. The zero-order valence-electron chi connectivity index (χ0n) is 13.6. The van der Waals surface area contributed by atoms with E-state index >= 15 is 0 Å². The average Bonchev–Trinajstić information content (AvgIpc) is 3.05. The lowest BCUT2D eigenvalue weighted by molar-refractivity contribution is -0.137. The second-order valence-electron chi connectivity index (χ2n) is 5.72. The number of carbonyl (C=O) groups is 1. The van der Waals surface area contributed by atoms with E-state index in [-0.39, 0.29) is 18.3 Å². The molecule has 24 heavy (non-hydrogen) atoms. The molecule has 0 N–H and O–H groups in total. The number of rotatable bonds is 5. The van der Waals surface area contributed by atoms with Gasteiger partial charge in [-0.05, 0) is 24.3 Å². The Morgan fingerprint density at radius 2 is 1.96 bits per heavy atom. The zero-order chi connectivity index (χ0) is 16.9. The van der Waals surface area contributed by atoms with Crippen LogP contribution in [-0.4, -0.2) is 60.6 Å². The van der Waals surface area contributed by atoms with Gasteiger partial charge < -0.3 is 14.1 Å². The lowest BCUT2D eigenvalue weighted by Crippen LogP contribution is -2.49. The van der Waals surface area contributed by atoms with Crippen molar-refractivity contribution in [1.82, 2.24) is 14.8 Å². The Bertz CT molecular complexity index is 679. The Labute approximate surface area is 139 Å². The van der Waals surface area contributed by atoms with Crippen LogP contribution in [0.5, 0.6) is 0 Å². The Kier molecular flexibility index (Phi) is 5.22. The molecular weight excluding hydrogens is 313 g/mol. The molecule has 6 nitrogen and oxygen atoms in total. The summed E-state index contributed by atoms with van der Waals surface area (Å²) in [4.78, 5) is 20.1. The SMILES string of the molecule is COCC(=O)N1CCN(Cc2ncc(-c3ccc(F)cc3)o2)CC1. The van der Waals surface area contributed by atoms with E-state index in [9.17, 15) is 9.18 Å². The van der Waals surface area contributed by atoms with E-state index in [2.05, 4.69) is 9.88 Å². The highest BCUT2D eigenvalue weighted by atomic mass is 19.1. The minimum absolute atomic E-state index is 0.0202. The number of amides is 1. The van der Waals surface area contributed by atoms with Crippen LogP contribution in [0, 0.1) is 5.82 Å². The molecule has 3 rings (SSSR count). The van der Waals surface area contributed by atoms with Crippen molar-refractivity contribution in [3.05, 3.63) is 42.2 Å². The smallest absolute Gasteiger partial charge is 0.248 e. The highest BCUT2D eigenvalue weighted by Gasteiger charge is 2.22. The van der Waals surface area contributed by atoms with Gasteiger partial charge >= 0.3 is 0 Å². The second kappa shape index (κ2) is 7.55. The molecule has 1 aliphatic rings. The lowest BCUT2D eigenvalue weighted by atomic mass is 10.2. The first-order chi connectivity index (χ1) is 11.7. The summed E-state index contributed by atoms with van der Waals surface area (Å²) in [5, 5.41) is 0. The number of oxazole rings is 1. The fraction of sp³-hybridized carbons (Fsp3) is 0.412. The summed E-state index contributed by atoms with van der Waals surface area (Å²) >= 11 is 0. The van der Waals surface area contributed by atoms with Gasteiger partial charge in [-0.15, -0.1) is 0 Å². The van der Waals surface area contributed by atoms with Crippen molar-refractivity contribution in [2.45, 2.75) is 6.54 Å². The molecule has 0 atom stereocenters. The Morgan fingerprint density at radius 3 is 2.62 bits per heavy atom. The number of aromatic nitrogens is 1. The number of piperazine rings is 1. The van der Waals surface area contributed by atoms with Crippen LogP contribution in [0.2, 0.25) is 0 Å². The number of nitrogens with zero attached hydrogens (tertiary/aromatic N) is 3. The van der Waals surface area contributed by atoms with Gasteiger partial charge in [0.1, 0.15) is 12.4 Å². The van der Waals surface area contributed by atoms with Crippen LogP contribution in [0.15, 0.2) is 34.9 Å². The van der Waals surface area contributed by atoms with Gasteiger partial charge in [-0.25, -0.2) is 9.37 Å². The van der Waals surface area contributed by atoms with E-state index in [1.807, 2.05) is 0 Å². The Hall–Kier alpha value is -2.25. The number of hydrogen-bond donors (Lipinski definition) is 0. The number of ether oxygens (including phenoxy) is 1. The number of benzene rings is 1. The molecule has 0 aliphatic carbocycles. The molecule has 1 amide bonds. The van der Waals surface area contributed by atoms with Gasteiger partial charge in [-0.2, -0.15) is 0 Å². The highest BCUT2D eigenvalue weighted by Crippen LogP contribution is 2.21. The third-order valence-corrected chi connectivity index (χ3v) is 4.03. The van der Waals surface area contributed by atoms with E-state index in [0.29, 0.717) is 31.3 Å². The fourth-order valence-electron chi connectivity index (χ4n) is 2.69. The predicted octanol–water partition coefficient (Wildman–Crippen LogP) is 1.77. The number of hydrogen-bond acceptors (Lipinski definition) is 5. The average molecular weight is 333 g/mol. The first-order valence-electron chi connectivity index (χ1n) is 7.85. The molecule has 0 radical (unpaired) electrons. The van der Waals surface area contributed by atoms with Gasteiger partial charge in [0.05, 0.1) is 12.7 Å². The van der Waals surface area contributed by atoms with E-state index in [1.54, 1.807) is 23.2 Å². The molecule has 0 bridgehead atoms. The molecule has 1 aliphatic heterocycles. The zero-order valence-corrected chi connectivity index (χ0v) is 13.6. The van der Waals surface area contributed by atoms with Crippen molar-refractivity contribution in [2.24, 2.45) is 0 Å². The number of carbonyl (C=O) groups excluding carboxylic acids is 1. The summed E-state index contributed by atoms with van der Waals surface area (Å²) in [5.74, 6) is 0.983. The number of methoxy groups -OCH3 is 1. The van der Waals surface area contributed by atoms with Crippen molar-refractivity contribution < 1.29 is 18.3 Å². The number of halogens is 1. The molecule has 1 saturated heterocycles. The van der Waals surface area contributed by atoms with Crippen LogP contribution in [0.1, 0.15) is 5.89 Å². The third kappa shape index (κ3) is 3.98. The fourth-order valence-corrected chi connectivity index (χ4v) is 2.69. The van der Waals surface area contributed by atoms with Crippen LogP contribution >= 0.6 is 0 Å². The molecule has 2 aromatic rings. The van der Waals surface area contributed by atoms with E-state index < -0.39 is 0 Å². The molecule has 0 spiro atoms. The first-order valence-corrected chi connectivity index (χ1v) is 7.85. The van der Waals surface area contributed by atoms with Crippen molar-refractivity contribution in [3.63, 3.8) is 0 Å². The third-order valence-electron chi connectivity index (χ3n) is 4.03. The molecule has 128 valence electrons. The maximum atomic E-state index is 13.0. The van der Waals surface area contributed by atoms with Crippen molar-refractivity contribution >= 4 is 5.91 Å². The standard InChI is InChI=1S/C17H20FN3O3/c1-23-12-17(22)21-8-6-20(7-9-21)11-16-19-10-15(24-16)13-2-4-14(18)5-3-13/h2-5,10H,6-9,11-12H2,1H3. The van der Waals surface area contributed by atoms with Crippen molar-refractivity contribution in [2.75, 3.05) is 39.9 Å². The quantitative estimate of drug-likeness (QED) is 0.835. The minimum Gasteiger partial charge on any atom is -0.439 e. The predicted molar refractivity (Wildman–Crippen MR) is 85.6 cm³/mol. The summed E-state index contributed by atoms with van der Waals surface area (Å²) in [6.45, 7) is 3.60. The second-order valence-corrected chi connectivity index (χ2v) is 5.72. The van der Waals surface area contributed by atoms with Crippen LogP contribution in [0.25, 0.3) is 11.3 Å². The van der Waals surface area contributed by atoms with Crippen LogP contribution < -0.4 is 0 Å². The van der Waals surface area contributed by atoms with E-state index in [4.69, 9.17) is 9.15 Å². The summed E-state index contributed by atoms with van der Waals surface area (Å²) in [7, 11) is 1.52. The maximum absolute atomic E-state index is 13.0. The topological polar surface area (TPSA) is 58.8 Å². The minimum atomic E-state index is -0.278. The normalized spacial score (nSPS) is 15.7. The molecule has 1 aromatic carbocycles. The van der Waals surface area contributed by atoms with Crippen LogP contribution in [-0.2, 0) is 16.1 Å². The van der Waals surface area contributed by atoms with Gasteiger partial charge in [0.25, 0.3) is 0 Å². The largest absolute Gasteiger partial charge is 0.439 e. The lowest BCUT2D eigenvalue weighted by Gasteiger charge is -2.33. The van der Waals surface area contributed by atoms with Crippen molar-refractivity contribution in [3.8, 4) is 11.3 Å². The summed E-state index contributed by atoms with van der Waals surface area (Å²) in [6, 6.07) is 6.13. The molecule has 1 aromatic heterocycles. The molecule has 0 saturated carbocycles. The molecule has 7 heteroatoms. The van der Waals surface area contributed by atoms with Gasteiger partial charge in [0.2, 0.25) is 11.8 Å². The van der Waals surface area contributed by atoms with Gasteiger partial charge in [-0.1, -0.05) is 0 Å². The summed E-state index contributed by atoms with van der Waals surface area (Å²) in [6.07, 6.45) is 1.65. The van der Waals surface area contributed by atoms with Gasteiger partial charge in [0, 0.05) is 38.9 Å². The summed E-state index contributed by atoms with van der Waals surface area (Å²) in [5.41, 5.74) is 0.796. The highest BCUT2D eigenvalue weighted by molar-refractivity contribution is 5.77. The van der Waals surface area contributed by atoms with E-state index in [0.717, 1.165) is 18.7 Å². The molecule has 2 heterocycles.